The van der Waals surface area contributed by atoms with E-state index >= 15 is 0 Å². The van der Waals surface area contributed by atoms with Crippen LogP contribution < -0.4 is 20.7 Å². The number of hydrogen-bond acceptors (Lipinski definition) is 1. The molecule has 0 aliphatic rings. The molecule has 3 aromatic heterocycles. The van der Waals surface area contributed by atoms with Gasteiger partial charge in [-0.15, -0.1) is 11.3 Å². The lowest BCUT2D eigenvalue weighted by atomic mass is 10.0. The molecule has 0 aliphatic heterocycles. The lowest BCUT2D eigenvalue weighted by Gasteiger charge is -2.34. The smallest absolute Gasteiger partial charge is 0.179 e. The molecule has 0 saturated carbocycles. The summed E-state index contributed by atoms with van der Waals surface area (Å²) in [5.74, 6) is 0. The Labute approximate surface area is 353 Å². The van der Waals surface area contributed by atoms with Gasteiger partial charge in [0, 0.05) is 37.6 Å². The van der Waals surface area contributed by atoms with E-state index in [1.807, 2.05) is 11.3 Å². The van der Waals surface area contributed by atoms with E-state index in [0.717, 1.165) is 5.69 Å². The third-order valence-corrected chi connectivity index (χ3v) is 18.5. The van der Waals surface area contributed by atoms with Gasteiger partial charge in [0.15, 0.2) is 8.07 Å². The normalized spacial score (nSPS) is 12.0. The number of fused-ring (bicyclic) bond motifs is 8. The van der Waals surface area contributed by atoms with E-state index in [-0.39, 0.29) is 0 Å². The van der Waals surface area contributed by atoms with E-state index in [2.05, 4.69) is 240 Å². The Morgan fingerprint density at radius 2 is 0.767 bits per heavy atom. The van der Waals surface area contributed by atoms with Crippen molar-refractivity contribution in [3.05, 3.63) is 231 Å². The Morgan fingerprint density at radius 1 is 0.317 bits per heavy atom. The van der Waals surface area contributed by atoms with Crippen molar-refractivity contribution >= 4 is 93.2 Å². The van der Waals surface area contributed by atoms with Crippen LogP contribution >= 0.6 is 11.3 Å². The molecule has 12 aromatic rings. The standard InChI is InChI=1S/C56H38N2SSi/c1-4-16-43(17-5-1)60(44-18-6-2-7-19-44,45-20-8-3-9-21-45)46-35-33-41(34-36-46)57-51-25-13-10-22-47(51)48-37-30-40(38-53(48)57)39-28-31-42(32-29-39)58-52-26-14-11-23-49(52)56-55(58)50-24-12-15-27-54(50)59-56/h1-38H. The number of para-hydroxylation sites is 2. The topological polar surface area (TPSA) is 9.86 Å². The second-order valence-corrected chi connectivity index (χ2v) is 20.5. The molecule has 0 fully saturated rings. The molecule has 0 N–H and O–H groups in total. The van der Waals surface area contributed by atoms with Crippen LogP contribution in [-0.4, -0.2) is 17.2 Å². The average molecular weight is 799 g/mol. The molecule has 0 atom stereocenters. The van der Waals surface area contributed by atoms with Crippen LogP contribution in [0.5, 0.6) is 0 Å². The highest BCUT2D eigenvalue weighted by molar-refractivity contribution is 7.26. The number of hydrogen-bond donors (Lipinski definition) is 0. The maximum atomic E-state index is 2.45. The Morgan fingerprint density at radius 3 is 1.40 bits per heavy atom. The Balaban J connectivity index is 0.993. The van der Waals surface area contributed by atoms with Crippen molar-refractivity contribution < 1.29 is 0 Å². The summed E-state index contributed by atoms with van der Waals surface area (Å²) < 4.78 is 7.56. The second kappa shape index (κ2) is 14.0. The van der Waals surface area contributed by atoms with Gasteiger partial charge in [-0.3, -0.25) is 0 Å². The van der Waals surface area contributed by atoms with Gasteiger partial charge in [-0.05, 0) is 80.4 Å². The van der Waals surface area contributed by atoms with Gasteiger partial charge in [0.2, 0.25) is 0 Å². The molecule has 3 heterocycles. The molecule has 60 heavy (non-hydrogen) atoms. The molecular formula is C56H38N2SSi. The minimum absolute atomic E-state index is 1.15. The van der Waals surface area contributed by atoms with Gasteiger partial charge < -0.3 is 9.13 Å². The lowest BCUT2D eigenvalue weighted by Crippen LogP contribution is -2.74. The Bertz CT molecular complexity index is 3410. The van der Waals surface area contributed by atoms with Gasteiger partial charge in [-0.1, -0.05) is 182 Å². The fraction of sp³-hybridized carbons (Fsp3) is 0. The van der Waals surface area contributed by atoms with E-state index in [0.29, 0.717) is 0 Å². The van der Waals surface area contributed by atoms with Crippen LogP contribution in [0.25, 0.3) is 75.5 Å². The number of benzene rings is 9. The molecule has 4 heteroatoms. The molecule has 0 bridgehead atoms. The molecule has 0 saturated heterocycles. The van der Waals surface area contributed by atoms with Gasteiger partial charge in [0.05, 0.1) is 26.8 Å². The number of nitrogens with zero attached hydrogens (tertiary/aromatic N) is 2. The van der Waals surface area contributed by atoms with Crippen LogP contribution in [0, 0.1) is 0 Å². The first kappa shape index (κ1) is 34.8. The molecule has 282 valence electrons. The van der Waals surface area contributed by atoms with Crippen molar-refractivity contribution in [2.45, 2.75) is 0 Å². The van der Waals surface area contributed by atoms with Crippen molar-refractivity contribution in [3.8, 4) is 22.5 Å². The molecule has 0 amide bonds. The largest absolute Gasteiger partial charge is 0.309 e. The van der Waals surface area contributed by atoms with E-state index in [1.165, 1.54) is 90.6 Å². The summed E-state index contributed by atoms with van der Waals surface area (Å²) in [6, 6.07) is 85.5. The quantitative estimate of drug-likeness (QED) is 0.112. The van der Waals surface area contributed by atoms with E-state index < -0.39 is 8.07 Å². The maximum Gasteiger partial charge on any atom is 0.179 e. The van der Waals surface area contributed by atoms with E-state index in [1.54, 1.807) is 0 Å². The molecule has 0 aliphatic carbocycles. The third-order valence-electron chi connectivity index (χ3n) is 12.5. The average Bonchev–Trinajstić information content (AvgIpc) is 3.98. The van der Waals surface area contributed by atoms with Crippen molar-refractivity contribution in [1.29, 1.82) is 0 Å². The summed E-state index contributed by atoms with van der Waals surface area (Å²) in [6.45, 7) is 0. The number of aromatic nitrogens is 2. The molecule has 0 unspecified atom stereocenters. The fourth-order valence-electron chi connectivity index (χ4n) is 9.84. The lowest BCUT2D eigenvalue weighted by molar-refractivity contribution is 1.18. The van der Waals surface area contributed by atoms with Crippen molar-refractivity contribution in [1.82, 2.24) is 9.13 Å². The predicted octanol–water partition coefficient (Wildman–Crippen LogP) is 12.1. The minimum Gasteiger partial charge on any atom is -0.309 e. The summed E-state index contributed by atoms with van der Waals surface area (Å²) in [5, 5.41) is 10.6. The van der Waals surface area contributed by atoms with Crippen LogP contribution in [0.1, 0.15) is 0 Å². The summed E-state index contributed by atoms with van der Waals surface area (Å²) in [6.07, 6.45) is 0. The molecule has 0 spiro atoms. The van der Waals surface area contributed by atoms with Gasteiger partial charge in [0.1, 0.15) is 0 Å². The van der Waals surface area contributed by atoms with Crippen molar-refractivity contribution in [2.75, 3.05) is 0 Å². The van der Waals surface area contributed by atoms with Crippen LogP contribution in [-0.2, 0) is 0 Å². The fourth-order valence-corrected chi connectivity index (χ4v) is 15.8. The van der Waals surface area contributed by atoms with Crippen molar-refractivity contribution in [3.63, 3.8) is 0 Å². The van der Waals surface area contributed by atoms with Crippen LogP contribution in [0.2, 0.25) is 0 Å². The first-order valence-corrected chi connectivity index (χ1v) is 23.4. The highest BCUT2D eigenvalue weighted by atomic mass is 32.1. The summed E-state index contributed by atoms with van der Waals surface area (Å²) in [5.41, 5.74) is 9.65. The Kier molecular flexibility index (Phi) is 8.08. The number of thiophene rings is 1. The molecule has 12 rings (SSSR count). The van der Waals surface area contributed by atoms with Gasteiger partial charge >= 0.3 is 0 Å². The van der Waals surface area contributed by atoms with Gasteiger partial charge in [-0.25, -0.2) is 0 Å². The first-order valence-electron chi connectivity index (χ1n) is 20.6. The van der Waals surface area contributed by atoms with Gasteiger partial charge in [-0.2, -0.15) is 0 Å². The van der Waals surface area contributed by atoms with Crippen LogP contribution in [0.4, 0.5) is 0 Å². The zero-order chi connectivity index (χ0) is 39.6. The van der Waals surface area contributed by atoms with Crippen LogP contribution in [0.3, 0.4) is 0 Å². The van der Waals surface area contributed by atoms with Gasteiger partial charge in [0.25, 0.3) is 0 Å². The van der Waals surface area contributed by atoms with Crippen LogP contribution in [0.15, 0.2) is 231 Å². The molecular weight excluding hydrogens is 761 g/mol. The monoisotopic (exact) mass is 798 g/mol. The molecule has 0 radical (unpaired) electrons. The zero-order valence-electron chi connectivity index (χ0n) is 32.7. The summed E-state index contributed by atoms with van der Waals surface area (Å²) >= 11 is 1.89. The third kappa shape index (κ3) is 5.25. The first-order chi connectivity index (χ1) is 29.8. The highest BCUT2D eigenvalue weighted by Crippen LogP contribution is 2.42. The zero-order valence-corrected chi connectivity index (χ0v) is 34.6. The van der Waals surface area contributed by atoms with E-state index in [4.69, 9.17) is 0 Å². The van der Waals surface area contributed by atoms with Crippen molar-refractivity contribution in [2.24, 2.45) is 0 Å². The molecule has 9 aromatic carbocycles. The Hall–Kier alpha value is -7.24. The highest BCUT2D eigenvalue weighted by Gasteiger charge is 2.41. The SMILES string of the molecule is c1ccc([Si](c2ccccc2)(c2ccccc2)c2ccc(-n3c4ccccc4c4ccc(-c5ccc(-n6c7ccccc7c7sc8ccccc8c76)cc5)cc43)cc2)cc1. The van der Waals surface area contributed by atoms with E-state index in [9.17, 15) is 0 Å². The minimum atomic E-state index is -2.64. The summed E-state index contributed by atoms with van der Waals surface area (Å²) in [7, 11) is -2.64. The predicted molar refractivity (Wildman–Crippen MR) is 260 cm³/mol. The maximum absolute atomic E-state index is 2.64. The molecule has 2 nitrogen and oxygen atoms in total. The summed E-state index contributed by atoms with van der Waals surface area (Å²) in [4.78, 5) is 0. The number of rotatable bonds is 7. The second-order valence-electron chi connectivity index (χ2n) is 15.7.